The molecule has 2 nitrogen and oxygen atoms in total. The number of rotatable bonds is 4. The first-order chi connectivity index (χ1) is 16.3. The highest BCUT2D eigenvalue weighted by molar-refractivity contribution is 5.93. The number of benzene rings is 5. The summed E-state index contributed by atoms with van der Waals surface area (Å²) in [4.78, 5) is 4.52. The number of hydrogen-bond acceptors (Lipinski definition) is 2. The van der Waals surface area contributed by atoms with Gasteiger partial charge in [-0.2, -0.15) is 0 Å². The monoisotopic (exact) mass is 423 g/mol. The fraction of sp³-hybridized carbons (Fsp3) is 0. The standard InChI is InChI=1S/C31H21NO/c1-2-8-27-20-28(19-18-23(27)6-1)30-21-32-31(33-30)26-16-13-22(14-17-26)12-15-25-10-5-9-24-7-3-4-11-29(24)25/h1-21H/b15-12+. The number of hydrogen-bond donors (Lipinski definition) is 0. The van der Waals surface area contributed by atoms with E-state index in [0.717, 1.165) is 22.5 Å². The molecule has 156 valence electrons. The van der Waals surface area contributed by atoms with Crippen molar-refractivity contribution in [2.75, 3.05) is 0 Å². The average Bonchev–Trinajstić information content (AvgIpc) is 3.38. The van der Waals surface area contributed by atoms with E-state index < -0.39 is 0 Å². The molecule has 1 aromatic heterocycles. The molecule has 0 saturated carbocycles. The average molecular weight is 424 g/mol. The van der Waals surface area contributed by atoms with E-state index >= 15 is 0 Å². The molecular formula is C31H21NO. The van der Waals surface area contributed by atoms with Crippen LogP contribution in [0.4, 0.5) is 0 Å². The SMILES string of the molecule is C(=C\c1cccc2ccccc12)/c1ccc(-c2ncc(-c3ccc4ccccc4c3)o2)cc1. The van der Waals surface area contributed by atoms with Gasteiger partial charge in [0.2, 0.25) is 5.89 Å². The summed E-state index contributed by atoms with van der Waals surface area (Å²) in [6.07, 6.45) is 6.11. The Hall–Kier alpha value is -4.43. The normalized spacial score (nSPS) is 11.5. The largest absolute Gasteiger partial charge is 0.436 e. The van der Waals surface area contributed by atoms with Gasteiger partial charge in [0.1, 0.15) is 0 Å². The third kappa shape index (κ3) is 3.83. The molecule has 2 heteroatoms. The molecule has 0 saturated heterocycles. The second-order valence-corrected chi connectivity index (χ2v) is 8.12. The van der Waals surface area contributed by atoms with Gasteiger partial charge in [0.15, 0.2) is 5.76 Å². The molecule has 0 aliphatic carbocycles. The number of fused-ring (bicyclic) bond motifs is 2. The quantitative estimate of drug-likeness (QED) is 0.266. The van der Waals surface area contributed by atoms with E-state index in [1.165, 1.54) is 27.1 Å². The molecule has 33 heavy (non-hydrogen) atoms. The Labute approximate surface area is 192 Å². The zero-order valence-corrected chi connectivity index (χ0v) is 18.0. The molecule has 0 aliphatic rings. The zero-order chi connectivity index (χ0) is 22.0. The molecule has 6 rings (SSSR count). The molecule has 5 aromatic carbocycles. The van der Waals surface area contributed by atoms with Gasteiger partial charge in [0.25, 0.3) is 0 Å². The molecule has 0 unspecified atom stereocenters. The lowest BCUT2D eigenvalue weighted by molar-refractivity contribution is 0.589. The summed E-state index contributed by atoms with van der Waals surface area (Å²) >= 11 is 0. The highest BCUT2D eigenvalue weighted by Crippen LogP contribution is 2.29. The van der Waals surface area contributed by atoms with Crippen LogP contribution in [0.15, 0.2) is 120 Å². The molecule has 0 N–H and O–H groups in total. The van der Waals surface area contributed by atoms with Crippen LogP contribution in [0.25, 0.3) is 56.5 Å². The van der Waals surface area contributed by atoms with Crippen LogP contribution in [0.1, 0.15) is 11.1 Å². The number of nitrogens with zero attached hydrogens (tertiary/aromatic N) is 1. The summed E-state index contributed by atoms with van der Waals surface area (Å²) in [5, 5.41) is 4.92. The lowest BCUT2D eigenvalue weighted by Crippen LogP contribution is -1.79. The van der Waals surface area contributed by atoms with Crippen molar-refractivity contribution in [2.24, 2.45) is 0 Å². The van der Waals surface area contributed by atoms with E-state index in [4.69, 9.17) is 4.42 Å². The van der Waals surface area contributed by atoms with Crippen molar-refractivity contribution in [1.82, 2.24) is 4.98 Å². The summed E-state index contributed by atoms with van der Waals surface area (Å²) in [5.74, 6) is 1.40. The van der Waals surface area contributed by atoms with Crippen molar-refractivity contribution in [3.8, 4) is 22.8 Å². The van der Waals surface area contributed by atoms with Crippen LogP contribution in [0, 0.1) is 0 Å². The fourth-order valence-electron chi connectivity index (χ4n) is 4.20. The van der Waals surface area contributed by atoms with Gasteiger partial charge in [-0.1, -0.05) is 103 Å². The minimum Gasteiger partial charge on any atom is -0.436 e. The van der Waals surface area contributed by atoms with E-state index in [1.54, 1.807) is 6.20 Å². The topological polar surface area (TPSA) is 26.0 Å². The van der Waals surface area contributed by atoms with Gasteiger partial charge >= 0.3 is 0 Å². The van der Waals surface area contributed by atoms with Crippen LogP contribution < -0.4 is 0 Å². The highest BCUT2D eigenvalue weighted by Gasteiger charge is 2.09. The van der Waals surface area contributed by atoms with Crippen LogP contribution >= 0.6 is 0 Å². The second-order valence-electron chi connectivity index (χ2n) is 8.12. The maximum absolute atomic E-state index is 6.09. The van der Waals surface area contributed by atoms with E-state index in [2.05, 4.69) is 120 Å². The van der Waals surface area contributed by atoms with Gasteiger partial charge in [0.05, 0.1) is 6.20 Å². The Morgan fingerprint density at radius 1 is 0.576 bits per heavy atom. The molecule has 0 atom stereocenters. The van der Waals surface area contributed by atoms with Crippen molar-refractivity contribution in [2.45, 2.75) is 0 Å². The van der Waals surface area contributed by atoms with Crippen molar-refractivity contribution < 1.29 is 4.42 Å². The molecule has 0 fully saturated rings. The van der Waals surface area contributed by atoms with E-state index in [0.29, 0.717) is 5.89 Å². The Balaban J connectivity index is 1.24. The molecular weight excluding hydrogens is 402 g/mol. The van der Waals surface area contributed by atoms with E-state index in [1.807, 2.05) is 6.07 Å². The lowest BCUT2D eigenvalue weighted by Gasteiger charge is -2.02. The van der Waals surface area contributed by atoms with Crippen LogP contribution in [0.5, 0.6) is 0 Å². The zero-order valence-electron chi connectivity index (χ0n) is 18.0. The lowest BCUT2D eigenvalue weighted by atomic mass is 10.0. The summed E-state index contributed by atoms with van der Waals surface area (Å²) in [6, 6.07) is 37.8. The van der Waals surface area contributed by atoms with Crippen molar-refractivity contribution in [3.63, 3.8) is 0 Å². The predicted octanol–water partition coefficient (Wildman–Crippen LogP) is 8.49. The van der Waals surface area contributed by atoms with E-state index in [-0.39, 0.29) is 0 Å². The molecule has 0 aliphatic heterocycles. The van der Waals surface area contributed by atoms with Gasteiger partial charge in [-0.25, -0.2) is 4.98 Å². The van der Waals surface area contributed by atoms with Gasteiger partial charge in [-0.05, 0) is 50.9 Å². The van der Waals surface area contributed by atoms with Crippen molar-refractivity contribution in [1.29, 1.82) is 0 Å². The van der Waals surface area contributed by atoms with Gasteiger partial charge in [-0.3, -0.25) is 0 Å². The maximum Gasteiger partial charge on any atom is 0.226 e. The fourth-order valence-corrected chi connectivity index (χ4v) is 4.20. The van der Waals surface area contributed by atoms with Crippen molar-refractivity contribution >= 4 is 33.7 Å². The minimum absolute atomic E-state index is 0.628. The Morgan fingerprint density at radius 2 is 1.30 bits per heavy atom. The Kier molecular flexibility index (Phi) is 4.82. The maximum atomic E-state index is 6.09. The van der Waals surface area contributed by atoms with Gasteiger partial charge in [-0.15, -0.1) is 0 Å². The number of aromatic nitrogens is 1. The van der Waals surface area contributed by atoms with Crippen LogP contribution in [0.2, 0.25) is 0 Å². The van der Waals surface area contributed by atoms with Gasteiger partial charge < -0.3 is 4.42 Å². The summed E-state index contributed by atoms with van der Waals surface area (Å²) in [6.45, 7) is 0. The van der Waals surface area contributed by atoms with E-state index in [9.17, 15) is 0 Å². The molecule has 6 aromatic rings. The first-order valence-electron chi connectivity index (χ1n) is 11.0. The van der Waals surface area contributed by atoms with Crippen LogP contribution in [-0.4, -0.2) is 4.98 Å². The summed E-state index contributed by atoms with van der Waals surface area (Å²) < 4.78 is 6.09. The smallest absolute Gasteiger partial charge is 0.226 e. The highest BCUT2D eigenvalue weighted by atomic mass is 16.4. The molecule has 0 spiro atoms. The number of oxazole rings is 1. The van der Waals surface area contributed by atoms with Crippen LogP contribution in [0.3, 0.4) is 0 Å². The third-order valence-electron chi connectivity index (χ3n) is 5.98. The second kappa shape index (κ2) is 8.25. The first kappa shape index (κ1) is 19.3. The first-order valence-corrected chi connectivity index (χ1v) is 11.0. The molecule has 0 radical (unpaired) electrons. The molecule has 0 amide bonds. The minimum atomic E-state index is 0.628. The Morgan fingerprint density at radius 3 is 2.18 bits per heavy atom. The third-order valence-corrected chi connectivity index (χ3v) is 5.98. The predicted molar refractivity (Wildman–Crippen MR) is 138 cm³/mol. The van der Waals surface area contributed by atoms with Crippen molar-refractivity contribution in [3.05, 3.63) is 127 Å². The summed E-state index contributed by atoms with van der Waals surface area (Å²) in [7, 11) is 0. The van der Waals surface area contributed by atoms with Crippen LogP contribution in [-0.2, 0) is 0 Å². The van der Waals surface area contributed by atoms with Gasteiger partial charge in [0, 0.05) is 11.1 Å². The molecule has 0 bridgehead atoms. The Bertz CT molecular complexity index is 1600. The summed E-state index contributed by atoms with van der Waals surface area (Å²) in [5.41, 5.74) is 4.34. The molecule has 1 heterocycles.